The van der Waals surface area contributed by atoms with Gasteiger partial charge in [-0.1, -0.05) is 18.2 Å². The first-order chi connectivity index (χ1) is 15.4. The van der Waals surface area contributed by atoms with Crippen LogP contribution in [-0.2, 0) is 19.9 Å². The zero-order chi connectivity index (χ0) is 22.9. The Kier molecular flexibility index (Phi) is 5.43. The summed E-state index contributed by atoms with van der Waals surface area (Å²) < 4.78 is 16.0. The zero-order valence-electron chi connectivity index (χ0n) is 17.0. The summed E-state index contributed by atoms with van der Waals surface area (Å²) in [6.07, 6.45) is 0. The zero-order valence-corrected chi connectivity index (χ0v) is 17.0. The summed E-state index contributed by atoms with van der Waals surface area (Å²) in [6, 6.07) is 16.6. The summed E-state index contributed by atoms with van der Waals surface area (Å²) in [5.41, 5.74) is 3.43. The number of phenolic OH excluding ortho intramolecular Hbond substituents is 2. The van der Waals surface area contributed by atoms with E-state index in [4.69, 9.17) is 15.3 Å². The molecule has 9 heteroatoms. The van der Waals surface area contributed by atoms with Crippen LogP contribution in [0.15, 0.2) is 60.7 Å². The summed E-state index contributed by atoms with van der Waals surface area (Å²) >= 11 is 0. The second kappa shape index (κ2) is 8.22. The number of nitrogens with two attached hydrogens (primary N) is 1. The number of benzene rings is 3. The van der Waals surface area contributed by atoms with Crippen LogP contribution in [-0.4, -0.2) is 35.8 Å². The van der Waals surface area contributed by atoms with E-state index in [1.807, 2.05) is 12.1 Å². The average Bonchev–Trinajstić information content (AvgIpc) is 3.07. The van der Waals surface area contributed by atoms with Gasteiger partial charge in [0.2, 0.25) is 0 Å². The highest BCUT2D eigenvalue weighted by atomic mass is 16.6. The van der Waals surface area contributed by atoms with Crippen LogP contribution >= 0.6 is 0 Å². The minimum atomic E-state index is -1.17. The van der Waals surface area contributed by atoms with Crippen molar-refractivity contribution in [1.29, 1.82) is 0 Å². The highest BCUT2D eigenvalue weighted by Crippen LogP contribution is 2.56. The molecule has 3 aromatic carbocycles. The van der Waals surface area contributed by atoms with Crippen molar-refractivity contribution < 1.29 is 34.0 Å². The Bertz CT molecular complexity index is 1160. The first kappa shape index (κ1) is 21.2. The molecule has 0 amide bonds. The van der Waals surface area contributed by atoms with Gasteiger partial charge in [0, 0.05) is 28.8 Å². The van der Waals surface area contributed by atoms with Gasteiger partial charge in [-0.25, -0.2) is 10.2 Å². The molecule has 3 aromatic rings. The topological polar surface area (TPSA) is 140 Å². The number of carbonyl (C=O) groups is 2. The van der Waals surface area contributed by atoms with Crippen LogP contribution in [0.3, 0.4) is 0 Å². The van der Waals surface area contributed by atoms with Crippen LogP contribution in [0.5, 0.6) is 23.0 Å². The van der Waals surface area contributed by atoms with Gasteiger partial charge < -0.3 is 24.4 Å². The van der Waals surface area contributed by atoms with Gasteiger partial charge in [-0.15, -0.1) is 0 Å². The van der Waals surface area contributed by atoms with E-state index in [1.54, 1.807) is 24.3 Å². The summed E-state index contributed by atoms with van der Waals surface area (Å²) in [7, 11) is 1.31. The van der Waals surface area contributed by atoms with Gasteiger partial charge in [-0.05, 0) is 30.3 Å². The van der Waals surface area contributed by atoms with Gasteiger partial charge in [0.05, 0.1) is 12.7 Å². The van der Waals surface area contributed by atoms with Crippen molar-refractivity contribution in [2.24, 2.45) is 5.84 Å². The quantitative estimate of drug-likeness (QED) is 0.270. The largest absolute Gasteiger partial charge is 0.508 e. The third kappa shape index (κ3) is 3.39. The fourth-order valence-electron chi connectivity index (χ4n) is 3.81. The van der Waals surface area contributed by atoms with E-state index in [9.17, 15) is 19.8 Å². The second-order valence-electron chi connectivity index (χ2n) is 7.04. The number of hydrazine groups is 1. The van der Waals surface area contributed by atoms with Crippen molar-refractivity contribution in [2.75, 3.05) is 13.7 Å². The second-order valence-corrected chi connectivity index (χ2v) is 7.04. The fourth-order valence-corrected chi connectivity index (χ4v) is 3.81. The van der Waals surface area contributed by atoms with E-state index in [2.05, 4.69) is 10.2 Å². The Labute approximate surface area is 182 Å². The normalized spacial score (nSPS) is 14.1. The molecule has 5 rings (SSSR count). The molecule has 0 aromatic heterocycles. The number of rotatable bonds is 2. The van der Waals surface area contributed by atoms with E-state index in [-0.39, 0.29) is 24.0 Å². The molecule has 0 aliphatic carbocycles. The van der Waals surface area contributed by atoms with Crippen LogP contribution in [0, 0.1) is 0 Å². The minimum absolute atomic E-state index is 0.0371. The monoisotopic (exact) mass is 436 g/mol. The molecule has 5 N–H and O–H groups in total. The number of fused-ring (bicyclic) bond motifs is 6. The highest BCUT2D eigenvalue weighted by molar-refractivity contribution is 5.97. The van der Waals surface area contributed by atoms with Crippen molar-refractivity contribution in [1.82, 2.24) is 5.43 Å². The molecule has 0 radical (unpaired) electrons. The van der Waals surface area contributed by atoms with Crippen LogP contribution < -0.4 is 16.0 Å². The van der Waals surface area contributed by atoms with Gasteiger partial charge in [-0.2, -0.15) is 0 Å². The van der Waals surface area contributed by atoms with Crippen LogP contribution in [0.4, 0.5) is 0 Å². The van der Waals surface area contributed by atoms with Gasteiger partial charge in [-0.3, -0.25) is 10.6 Å². The molecule has 0 saturated carbocycles. The van der Waals surface area contributed by atoms with Gasteiger partial charge in [0.25, 0.3) is 0 Å². The lowest BCUT2D eigenvalue weighted by Gasteiger charge is -2.36. The first-order valence-electron chi connectivity index (χ1n) is 9.58. The molecule has 2 aliphatic rings. The number of esters is 2. The first-order valence-corrected chi connectivity index (χ1v) is 9.58. The number of ether oxygens (including phenoxy) is 3. The number of carbonyl (C=O) groups excluding carboxylic acids is 2. The molecule has 0 bridgehead atoms. The van der Waals surface area contributed by atoms with Crippen LogP contribution in [0.2, 0.25) is 0 Å². The lowest BCUT2D eigenvalue weighted by Crippen LogP contribution is -2.32. The Morgan fingerprint density at radius 3 is 2.12 bits per heavy atom. The molecular formula is C23H20N2O7. The molecule has 0 unspecified atom stereocenters. The molecule has 164 valence electrons. The lowest BCUT2D eigenvalue weighted by molar-refractivity contribution is -0.139. The molecule has 2 heterocycles. The molecular weight excluding hydrogens is 416 g/mol. The fraction of sp³-hybridized carbons (Fsp3) is 0.130. The van der Waals surface area contributed by atoms with E-state index in [1.165, 1.54) is 31.4 Å². The SMILES string of the molecule is COC(=O)CNN.O=C1OC2(c3ccc(O)cc3Oc3cc(O)ccc32)c2ccccc21. The number of phenols is 2. The molecule has 2 aliphatic heterocycles. The predicted molar refractivity (Wildman–Crippen MR) is 112 cm³/mol. The summed E-state index contributed by atoms with van der Waals surface area (Å²) in [6.45, 7) is 0.0660. The highest BCUT2D eigenvalue weighted by Gasteiger charge is 2.53. The Morgan fingerprint density at radius 1 is 1.00 bits per heavy atom. The van der Waals surface area contributed by atoms with Gasteiger partial charge in [0.1, 0.15) is 29.5 Å². The summed E-state index contributed by atoms with van der Waals surface area (Å²) in [5.74, 6) is 4.80. The average molecular weight is 436 g/mol. The van der Waals surface area contributed by atoms with E-state index in [0.717, 1.165) is 0 Å². The maximum absolute atomic E-state index is 12.5. The van der Waals surface area contributed by atoms with Crippen molar-refractivity contribution in [2.45, 2.75) is 5.60 Å². The molecule has 0 fully saturated rings. The smallest absolute Gasteiger partial charge is 0.340 e. The Morgan fingerprint density at radius 2 is 1.59 bits per heavy atom. The maximum atomic E-state index is 12.5. The molecule has 0 saturated heterocycles. The third-order valence-corrected chi connectivity index (χ3v) is 5.16. The van der Waals surface area contributed by atoms with Crippen molar-refractivity contribution in [3.05, 3.63) is 82.9 Å². The minimum Gasteiger partial charge on any atom is -0.508 e. The molecule has 9 nitrogen and oxygen atoms in total. The number of hydrogen-bond acceptors (Lipinski definition) is 9. The van der Waals surface area contributed by atoms with E-state index >= 15 is 0 Å². The van der Waals surface area contributed by atoms with Gasteiger partial charge >= 0.3 is 11.9 Å². The third-order valence-electron chi connectivity index (χ3n) is 5.16. The van der Waals surface area contributed by atoms with E-state index < -0.39 is 11.6 Å². The van der Waals surface area contributed by atoms with Crippen molar-refractivity contribution in [3.8, 4) is 23.0 Å². The molecule has 32 heavy (non-hydrogen) atoms. The van der Waals surface area contributed by atoms with Crippen LogP contribution in [0.1, 0.15) is 27.0 Å². The number of methoxy groups -OCH3 is 1. The Balaban J connectivity index is 0.000000307. The predicted octanol–water partition coefficient (Wildman–Crippen LogP) is 2.29. The standard InChI is InChI=1S/C20H12O5.C3H8N2O2/c21-11-5-7-15-17(9-11)24-18-10-12(22)6-8-16(18)20(15)14-4-2-1-3-13(14)19(23)25-20;1-7-3(6)2-5-4/h1-10,21-22H;5H,2,4H2,1H3. The summed E-state index contributed by atoms with van der Waals surface area (Å²) in [4.78, 5) is 22.6. The van der Waals surface area contributed by atoms with Crippen molar-refractivity contribution >= 4 is 11.9 Å². The number of hydrogen-bond donors (Lipinski definition) is 4. The summed E-state index contributed by atoms with van der Waals surface area (Å²) in [5, 5.41) is 19.7. The molecule has 0 atom stereocenters. The van der Waals surface area contributed by atoms with Crippen LogP contribution in [0.25, 0.3) is 0 Å². The maximum Gasteiger partial charge on any atom is 0.340 e. The number of nitrogens with one attached hydrogen (secondary N) is 1. The van der Waals surface area contributed by atoms with E-state index in [0.29, 0.717) is 33.8 Å². The lowest BCUT2D eigenvalue weighted by atomic mass is 9.77. The molecule has 1 spiro atoms. The van der Waals surface area contributed by atoms with Gasteiger partial charge in [0.15, 0.2) is 5.60 Å². The number of aromatic hydroxyl groups is 2. The Hall–Kier alpha value is -4.08. The van der Waals surface area contributed by atoms with Crippen molar-refractivity contribution in [3.63, 3.8) is 0 Å².